The van der Waals surface area contributed by atoms with Gasteiger partial charge in [-0.2, -0.15) is 11.3 Å². The maximum absolute atomic E-state index is 12.6. The summed E-state index contributed by atoms with van der Waals surface area (Å²) in [7, 11) is 0. The quantitative estimate of drug-likeness (QED) is 0.585. The van der Waals surface area contributed by atoms with E-state index in [0.717, 1.165) is 22.7 Å². The van der Waals surface area contributed by atoms with E-state index in [2.05, 4.69) is 22.4 Å². The van der Waals surface area contributed by atoms with Crippen molar-refractivity contribution in [2.75, 3.05) is 17.6 Å². The summed E-state index contributed by atoms with van der Waals surface area (Å²) in [5, 5.41) is 7.17. The second-order valence-corrected chi connectivity index (χ2v) is 9.36. The fourth-order valence-corrected chi connectivity index (χ4v) is 5.47. The largest absolute Gasteiger partial charge is 0.337 e. The highest BCUT2D eigenvalue weighted by molar-refractivity contribution is 7.99. The van der Waals surface area contributed by atoms with Crippen LogP contribution in [0.3, 0.4) is 0 Å². The van der Waals surface area contributed by atoms with Gasteiger partial charge in [-0.25, -0.2) is 4.98 Å². The lowest BCUT2D eigenvalue weighted by molar-refractivity contribution is -0.131. The van der Waals surface area contributed by atoms with Crippen LogP contribution < -0.4 is 5.32 Å². The molecule has 0 bridgehead atoms. The van der Waals surface area contributed by atoms with Gasteiger partial charge in [0.2, 0.25) is 5.91 Å². The molecule has 0 spiro atoms. The number of carbonyl (C=O) groups is 2. The summed E-state index contributed by atoms with van der Waals surface area (Å²) in [6.07, 6.45) is 1.26. The van der Waals surface area contributed by atoms with Crippen molar-refractivity contribution in [1.82, 2.24) is 9.88 Å². The molecule has 2 amide bonds. The van der Waals surface area contributed by atoms with Gasteiger partial charge in [0, 0.05) is 40.3 Å². The Morgan fingerprint density at radius 2 is 2.07 bits per heavy atom. The monoisotopic (exact) mass is 429 g/mol. The highest BCUT2D eigenvalue weighted by atomic mass is 32.2. The van der Waals surface area contributed by atoms with Crippen LogP contribution in [0.1, 0.15) is 27.3 Å². The van der Waals surface area contributed by atoms with Gasteiger partial charge in [0.25, 0.3) is 5.91 Å². The minimum atomic E-state index is -0.141. The Morgan fingerprint density at radius 3 is 2.86 bits per heavy atom. The molecular formula is C20H19N3O2S3. The molecule has 0 aliphatic carbocycles. The van der Waals surface area contributed by atoms with Crippen LogP contribution in [-0.2, 0) is 17.8 Å². The minimum absolute atomic E-state index is 0.141. The fourth-order valence-electron chi connectivity index (χ4n) is 2.96. The minimum Gasteiger partial charge on any atom is -0.337 e. The number of rotatable bonds is 6. The van der Waals surface area contributed by atoms with E-state index in [-0.39, 0.29) is 11.8 Å². The Balaban J connectivity index is 1.31. The lowest BCUT2D eigenvalue weighted by Crippen LogP contribution is -2.35. The standard InChI is InChI=1S/C20H19N3O2S3/c24-18(8-11-27-15-4-2-1-3-5-15)23-9-6-16-17(12-23)28-20(21-16)22-19(25)14-7-10-26-13-14/h1-5,7,10,13H,6,8-9,11-12H2,(H,21,22,25). The fraction of sp³-hybridized carbons (Fsp3) is 0.250. The molecule has 2 aromatic heterocycles. The van der Waals surface area contributed by atoms with Crippen LogP contribution in [-0.4, -0.2) is 34.0 Å². The molecule has 1 N–H and O–H groups in total. The number of hydrogen-bond donors (Lipinski definition) is 1. The number of hydrogen-bond acceptors (Lipinski definition) is 6. The van der Waals surface area contributed by atoms with E-state index in [1.165, 1.54) is 27.6 Å². The summed E-state index contributed by atoms with van der Waals surface area (Å²) in [6, 6.07) is 11.9. The van der Waals surface area contributed by atoms with Crippen molar-refractivity contribution in [1.29, 1.82) is 0 Å². The Morgan fingerprint density at radius 1 is 1.21 bits per heavy atom. The number of nitrogens with one attached hydrogen (secondary N) is 1. The second kappa shape index (κ2) is 8.89. The number of fused-ring (bicyclic) bond motifs is 1. The van der Waals surface area contributed by atoms with Crippen LogP contribution in [0, 0.1) is 0 Å². The van der Waals surface area contributed by atoms with E-state index in [4.69, 9.17) is 0 Å². The average Bonchev–Trinajstić information content (AvgIpc) is 3.37. The van der Waals surface area contributed by atoms with Crippen LogP contribution in [0.5, 0.6) is 0 Å². The normalized spacial score (nSPS) is 13.2. The molecular weight excluding hydrogens is 410 g/mol. The number of thiophene rings is 1. The van der Waals surface area contributed by atoms with E-state index in [1.807, 2.05) is 33.9 Å². The van der Waals surface area contributed by atoms with Gasteiger partial charge in [-0.15, -0.1) is 11.8 Å². The summed E-state index contributed by atoms with van der Waals surface area (Å²) >= 11 is 4.66. The third-order valence-electron chi connectivity index (χ3n) is 4.42. The summed E-state index contributed by atoms with van der Waals surface area (Å²) in [5.41, 5.74) is 1.64. The highest BCUT2D eigenvalue weighted by Crippen LogP contribution is 2.29. The Hall–Kier alpha value is -2.16. The predicted molar refractivity (Wildman–Crippen MR) is 115 cm³/mol. The first kappa shape index (κ1) is 19.2. The van der Waals surface area contributed by atoms with E-state index in [0.29, 0.717) is 30.2 Å². The number of thioether (sulfide) groups is 1. The number of nitrogens with zero attached hydrogens (tertiary/aromatic N) is 2. The molecule has 0 fully saturated rings. The number of benzene rings is 1. The molecule has 144 valence electrons. The summed E-state index contributed by atoms with van der Waals surface area (Å²) in [4.78, 5) is 33.5. The Bertz CT molecular complexity index is 955. The molecule has 5 nitrogen and oxygen atoms in total. The van der Waals surface area contributed by atoms with Crippen LogP contribution in [0.15, 0.2) is 52.1 Å². The van der Waals surface area contributed by atoms with Gasteiger partial charge in [-0.05, 0) is 23.6 Å². The lowest BCUT2D eigenvalue weighted by atomic mass is 10.1. The average molecular weight is 430 g/mol. The van der Waals surface area contributed by atoms with Crippen molar-refractivity contribution in [3.63, 3.8) is 0 Å². The molecule has 0 saturated carbocycles. The first-order valence-corrected chi connectivity index (χ1v) is 11.7. The van der Waals surface area contributed by atoms with Gasteiger partial charge in [-0.3, -0.25) is 14.9 Å². The Kier molecular flexibility index (Phi) is 6.09. The van der Waals surface area contributed by atoms with Gasteiger partial charge >= 0.3 is 0 Å². The SMILES string of the molecule is O=C(Nc1nc2c(s1)CN(C(=O)CCSc1ccccc1)CC2)c1ccsc1. The molecule has 3 aromatic rings. The molecule has 0 saturated heterocycles. The van der Waals surface area contributed by atoms with Crippen molar-refractivity contribution in [3.8, 4) is 0 Å². The summed E-state index contributed by atoms with van der Waals surface area (Å²) in [5.74, 6) is 0.807. The molecule has 1 aliphatic heterocycles. The smallest absolute Gasteiger partial charge is 0.258 e. The maximum Gasteiger partial charge on any atom is 0.258 e. The number of amides is 2. The van der Waals surface area contributed by atoms with E-state index in [9.17, 15) is 9.59 Å². The van der Waals surface area contributed by atoms with Crippen LogP contribution >= 0.6 is 34.4 Å². The maximum atomic E-state index is 12.6. The molecule has 8 heteroatoms. The first-order chi connectivity index (χ1) is 13.7. The van der Waals surface area contributed by atoms with Gasteiger partial charge in [0.15, 0.2) is 5.13 Å². The molecule has 0 radical (unpaired) electrons. The number of anilines is 1. The molecule has 28 heavy (non-hydrogen) atoms. The van der Waals surface area contributed by atoms with Gasteiger partial charge in [0.1, 0.15) is 0 Å². The predicted octanol–water partition coefficient (Wildman–Crippen LogP) is 4.52. The highest BCUT2D eigenvalue weighted by Gasteiger charge is 2.24. The summed E-state index contributed by atoms with van der Waals surface area (Å²) < 4.78 is 0. The molecule has 1 aromatic carbocycles. The van der Waals surface area contributed by atoms with Gasteiger partial charge < -0.3 is 4.90 Å². The van der Waals surface area contributed by atoms with E-state index in [1.54, 1.807) is 17.8 Å². The van der Waals surface area contributed by atoms with Gasteiger partial charge in [0.05, 0.1) is 17.8 Å². The zero-order valence-corrected chi connectivity index (χ0v) is 17.5. The first-order valence-electron chi connectivity index (χ1n) is 8.97. The molecule has 4 rings (SSSR count). The molecule has 3 heterocycles. The van der Waals surface area contributed by atoms with Crippen LogP contribution in [0.2, 0.25) is 0 Å². The van der Waals surface area contributed by atoms with Crippen molar-refractivity contribution in [2.45, 2.75) is 24.3 Å². The molecule has 0 unspecified atom stereocenters. The van der Waals surface area contributed by atoms with Crippen molar-refractivity contribution in [2.24, 2.45) is 0 Å². The number of carbonyl (C=O) groups excluding carboxylic acids is 2. The number of thiazole rings is 1. The third-order valence-corrected chi connectivity index (χ3v) is 7.11. The topological polar surface area (TPSA) is 62.3 Å². The van der Waals surface area contributed by atoms with Gasteiger partial charge in [-0.1, -0.05) is 29.5 Å². The summed E-state index contributed by atoms with van der Waals surface area (Å²) in [6.45, 7) is 1.26. The van der Waals surface area contributed by atoms with E-state index < -0.39 is 0 Å². The lowest BCUT2D eigenvalue weighted by Gasteiger charge is -2.26. The molecule has 0 atom stereocenters. The van der Waals surface area contributed by atoms with Crippen LogP contribution in [0.4, 0.5) is 5.13 Å². The second-order valence-electron chi connectivity index (χ2n) is 6.33. The number of aromatic nitrogens is 1. The Labute approximate surface area is 175 Å². The third kappa shape index (κ3) is 4.63. The van der Waals surface area contributed by atoms with Crippen molar-refractivity contribution < 1.29 is 9.59 Å². The zero-order chi connectivity index (χ0) is 19.3. The zero-order valence-electron chi connectivity index (χ0n) is 15.1. The van der Waals surface area contributed by atoms with Crippen LogP contribution in [0.25, 0.3) is 0 Å². The molecule has 1 aliphatic rings. The van der Waals surface area contributed by atoms with Crippen molar-refractivity contribution >= 4 is 51.4 Å². The van der Waals surface area contributed by atoms with E-state index >= 15 is 0 Å². The van der Waals surface area contributed by atoms with Crippen molar-refractivity contribution in [3.05, 3.63) is 63.3 Å².